The number of benzene rings is 4. The first-order chi connectivity index (χ1) is 20.3. The van der Waals surface area contributed by atoms with Crippen molar-refractivity contribution in [3.63, 3.8) is 0 Å². The molecule has 0 aliphatic heterocycles. The minimum atomic E-state index is 0. The summed E-state index contributed by atoms with van der Waals surface area (Å²) in [6, 6.07) is 36.2. The number of hydrogen-bond donors (Lipinski definition) is 0. The molecule has 4 aromatic carbocycles. The second kappa shape index (κ2) is 14.9. The summed E-state index contributed by atoms with van der Waals surface area (Å²) >= 11 is 0. The van der Waals surface area contributed by atoms with Crippen molar-refractivity contribution >= 4 is 0 Å². The van der Waals surface area contributed by atoms with E-state index in [1.54, 1.807) is 0 Å². The van der Waals surface area contributed by atoms with Crippen molar-refractivity contribution in [1.29, 1.82) is 0 Å². The van der Waals surface area contributed by atoms with Crippen LogP contribution in [-0.2, 0) is 0 Å². The van der Waals surface area contributed by atoms with E-state index in [9.17, 15) is 0 Å². The van der Waals surface area contributed by atoms with Gasteiger partial charge in [-0.15, -0.1) is 0 Å². The van der Waals surface area contributed by atoms with Crippen LogP contribution in [-0.4, -0.2) is 63.3 Å². The maximum absolute atomic E-state index is 2.44. The van der Waals surface area contributed by atoms with Gasteiger partial charge in [-0.2, -0.15) is 0 Å². The predicted octanol–water partition coefficient (Wildman–Crippen LogP) is 3.11. The van der Waals surface area contributed by atoms with Gasteiger partial charge in [0.2, 0.25) is 0 Å². The highest BCUT2D eigenvalue weighted by Gasteiger charge is 2.31. The number of unbranched alkanes of at least 4 members (excludes halogenated alkanes) is 3. The number of halogens is 2. The number of quaternary nitrogens is 2. The smallest absolute Gasteiger partial charge is 0.0791 e. The summed E-state index contributed by atoms with van der Waals surface area (Å²) in [5, 5.41) is 0. The maximum atomic E-state index is 2.44. The fourth-order valence-electron chi connectivity index (χ4n) is 7.76. The third kappa shape index (κ3) is 7.58. The average Bonchev–Trinajstić information content (AvgIpc) is 3.49. The van der Waals surface area contributed by atoms with Crippen molar-refractivity contribution in [3.05, 3.63) is 119 Å². The lowest BCUT2D eigenvalue weighted by Crippen LogP contribution is -3.00. The van der Waals surface area contributed by atoms with Gasteiger partial charge >= 0.3 is 0 Å². The third-order valence-electron chi connectivity index (χ3n) is 10.2. The zero-order valence-electron chi connectivity index (χ0n) is 27.1. The molecule has 44 heavy (non-hydrogen) atoms. The normalized spacial score (nSPS) is 13.8. The second-order valence-electron chi connectivity index (χ2n) is 14.2. The Morgan fingerprint density at radius 1 is 0.386 bits per heavy atom. The zero-order valence-corrected chi connectivity index (χ0v) is 30.3. The summed E-state index contributed by atoms with van der Waals surface area (Å²) in [4.78, 5) is 0. The highest BCUT2D eigenvalue weighted by atomic mass is 79.9. The van der Waals surface area contributed by atoms with Crippen molar-refractivity contribution in [2.75, 3.05) is 54.4 Å². The van der Waals surface area contributed by atoms with E-state index in [-0.39, 0.29) is 34.0 Å². The highest BCUT2D eigenvalue weighted by molar-refractivity contribution is 5.79. The van der Waals surface area contributed by atoms with Gasteiger partial charge in [0, 0.05) is 24.7 Å². The molecule has 0 saturated heterocycles. The van der Waals surface area contributed by atoms with E-state index >= 15 is 0 Å². The molecule has 0 atom stereocenters. The van der Waals surface area contributed by atoms with Gasteiger partial charge in [0.05, 0.1) is 54.4 Å². The van der Waals surface area contributed by atoms with Crippen LogP contribution in [0.25, 0.3) is 22.3 Å². The Labute approximate surface area is 287 Å². The molecular formula is C40H50Br2N2. The Balaban J connectivity index is 0.00000221. The van der Waals surface area contributed by atoms with Crippen molar-refractivity contribution in [3.8, 4) is 22.3 Å². The van der Waals surface area contributed by atoms with E-state index in [0.29, 0.717) is 11.8 Å². The Bertz CT molecular complexity index is 1320. The molecule has 2 aliphatic carbocycles. The van der Waals surface area contributed by atoms with Crippen molar-refractivity contribution in [2.24, 2.45) is 0 Å². The molecule has 0 heterocycles. The minimum Gasteiger partial charge on any atom is -1.00 e. The van der Waals surface area contributed by atoms with Gasteiger partial charge in [-0.1, -0.05) is 97.1 Å². The molecule has 2 nitrogen and oxygen atoms in total. The molecule has 0 amide bonds. The van der Waals surface area contributed by atoms with E-state index in [4.69, 9.17) is 0 Å². The van der Waals surface area contributed by atoms with Crippen LogP contribution < -0.4 is 34.0 Å². The summed E-state index contributed by atoms with van der Waals surface area (Å²) in [5.41, 5.74) is 11.9. The summed E-state index contributed by atoms with van der Waals surface area (Å²) < 4.78 is 2.24. The molecule has 0 radical (unpaired) electrons. The average molecular weight is 719 g/mol. The van der Waals surface area contributed by atoms with Gasteiger partial charge in [0.1, 0.15) is 0 Å². The standard InChI is InChI=1S/C40H50N2.2BrH/c1-41(2,29-25-39-35-21-11-7-17-31(35)32-18-8-12-22-36(32)39)27-15-5-6-16-28-42(3,4)30-26-40-37-23-13-9-19-33(37)34-20-10-14-24-38(34)40;;/h7-14,17-24,39-40H,5-6,15-16,25-30H2,1-4H3;2*1H/q+2;;/p-2. The van der Waals surface area contributed by atoms with Crippen LogP contribution >= 0.6 is 0 Å². The fourth-order valence-corrected chi connectivity index (χ4v) is 7.76. The van der Waals surface area contributed by atoms with Gasteiger partial charge in [-0.3, -0.25) is 0 Å². The molecular weight excluding hydrogens is 668 g/mol. The topological polar surface area (TPSA) is 0 Å². The largest absolute Gasteiger partial charge is 1.00 e. The molecule has 0 bridgehead atoms. The monoisotopic (exact) mass is 716 g/mol. The molecule has 0 fully saturated rings. The van der Waals surface area contributed by atoms with Gasteiger partial charge < -0.3 is 42.9 Å². The SMILES string of the molecule is C[N+](C)(CCCCCC[N+](C)(C)CCC1c2ccccc2-c2ccccc21)CCC1c2ccccc2-c2ccccc21.[Br-].[Br-]. The number of fused-ring (bicyclic) bond motifs is 6. The first-order valence-corrected chi connectivity index (χ1v) is 16.3. The van der Waals surface area contributed by atoms with Crippen LogP contribution in [0.2, 0.25) is 0 Å². The van der Waals surface area contributed by atoms with E-state index in [2.05, 4.69) is 125 Å². The number of hydrogen-bond acceptors (Lipinski definition) is 0. The van der Waals surface area contributed by atoms with Crippen LogP contribution in [0, 0.1) is 0 Å². The first-order valence-electron chi connectivity index (χ1n) is 16.3. The third-order valence-corrected chi connectivity index (χ3v) is 10.2. The molecule has 4 aromatic rings. The lowest BCUT2D eigenvalue weighted by atomic mass is 9.93. The highest BCUT2D eigenvalue weighted by Crippen LogP contribution is 2.47. The Hall–Kier alpha value is -2.24. The molecule has 0 spiro atoms. The Morgan fingerprint density at radius 3 is 0.955 bits per heavy atom. The summed E-state index contributed by atoms with van der Waals surface area (Å²) in [5.74, 6) is 1.09. The van der Waals surface area contributed by atoms with Gasteiger partial charge in [-0.25, -0.2) is 0 Å². The first kappa shape index (κ1) is 34.6. The van der Waals surface area contributed by atoms with E-state index < -0.39 is 0 Å². The van der Waals surface area contributed by atoms with Crippen molar-refractivity contribution in [2.45, 2.75) is 50.4 Å². The molecule has 0 aromatic heterocycles. The molecule has 234 valence electrons. The number of rotatable bonds is 13. The van der Waals surface area contributed by atoms with Gasteiger partial charge in [-0.05, 0) is 70.2 Å². The maximum Gasteiger partial charge on any atom is 0.0791 e. The van der Waals surface area contributed by atoms with Crippen LogP contribution in [0.4, 0.5) is 0 Å². The zero-order chi connectivity index (χ0) is 29.2. The molecule has 6 rings (SSSR count). The lowest BCUT2D eigenvalue weighted by Gasteiger charge is -2.32. The minimum absolute atomic E-state index is 0. The fraction of sp³-hybridized carbons (Fsp3) is 0.400. The van der Waals surface area contributed by atoms with Crippen LogP contribution in [0.5, 0.6) is 0 Å². The number of nitrogens with zero attached hydrogens (tertiary/aromatic N) is 2. The van der Waals surface area contributed by atoms with E-state index in [1.807, 2.05) is 0 Å². The van der Waals surface area contributed by atoms with E-state index in [0.717, 1.165) is 8.97 Å². The Morgan fingerprint density at radius 2 is 0.659 bits per heavy atom. The molecule has 0 saturated carbocycles. The van der Waals surface area contributed by atoms with E-state index in [1.165, 1.54) is 109 Å². The van der Waals surface area contributed by atoms with Gasteiger partial charge in [0.15, 0.2) is 0 Å². The molecule has 4 heteroatoms. The summed E-state index contributed by atoms with van der Waals surface area (Å²) in [6.45, 7) is 5.00. The molecule has 2 aliphatic rings. The Kier molecular flexibility index (Phi) is 11.7. The summed E-state index contributed by atoms with van der Waals surface area (Å²) in [6.07, 6.45) is 7.80. The van der Waals surface area contributed by atoms with Crippen LogP contribution in [0.1, 0.15) is 72.6 Å². The lowest BCUT2D eigenvalue weighted by molar-refractivity contribution is -0.891. The van der Waals surface area contributed by atoms with Gasteiger partial charge in [0.25, 0.3) is 0 Å². The van der Waals surface area contributed by atoms with Crippen LogP contribution in [0.15, 0.2) is 97.1 Å². The molecule has 0 unspecified atom stereocenters. The predicted molar refractivity (Wildman–Crippen MR) is 179 cm³/mol. The molecule has 0 N–H and O–H groups in total. The quantitative estimate of drug-likeness (QED) is 0.148. The summed E-state index contributed by atoms with van der Waals surface area (Å²) in [7, 11) is 9.75. The second-order valence-corrected chi connectivity index (χ2v) is 14.2. The van der Waals surface area contributed by atoms with Crippen LogP contribution in [0.3, 0.4) is 0 Å². The van der Waals surface area contributed by atoms with Crippen molar-refractivity contribution < 1.29 is 42.9 Å². The van der Waals surface area contributed by atoms with Crippen molar-refractivity contribution in [1.82, 2.24) is 0 Å².